The second kappa shape index (κ2) is 6.95. The molecule has 9 heteroatoms. The highest BCUT2D eigenvalue weighted by Crippen LogP contribution is 2.30. The van der Waals surface area contributed by atoms with Gasteiger partial charge in [-0.25, -0.2) is 9.59 Å². The summed E-state index contributed by atoms with van der Waals surface area (Å²) in [6.07, 6.45) is 0.0856. The minimum absolute atomic E-state index is 0.0122. The summed E-state index contributed by atoms with van der Waals surface area (Å²) in [5.74, 6) is 0.429. The molecule has 1 saturated heterocycles. The minimum Gasteiger partial charge on any atom is -0.449 e. The Hall–Kier alpha value is -2.23. The van der Waals surface area contributed by atoms with E-state index in [0.29, 0.717) is 18.1 Å². The van der Waals surface area contributed by atoms with Gasteiger partial charge in [0, 0.05) is 11.8 Å². The second-order valence-electron chi connectivity index (χ2n) is 6.32. The Morgan fingerprint density at radius 2 is 2.24 bits per heavy atom. The molecule has 25 heavy (non-hydrogen) atoms. The van der Waals surface area contributed by atoms with Gasteiger partial charge in [0.1, 0.15) is 18.0 Å². The van der Waals surface area contributed by atoms with E-state index in [1.54, 1.807) is 6.92 Å². The smallest absolute Gasteiger partial charge is 0.412 e. The lowest BCUT2D eigenvalue weighted by Crippen LogP contribution is -2.36. The van der Waals surface area contributed by atoms with Crippen molar-refractivity contribution in [2.75, 3.05) is 11.9 Å². The molecule has 4 atom stereocenters. The van der Waals surface area contributed by atoms with Crippen LogP contribution in [-0.4, -0.2) is 50.8 Å². The molecule has 1 aliphatic heterocycles. The van der Waals surface area contributed by atoms with Crippen molar-refractivity contribution < 1.29 is 24.5 Å². The average Bonchev–Trinajstić information content (AvgIpc) is 3.37. The van der Waals surface area contributed by atoms with Crippen LogP contribution >= 0.6 is 0 Å². The molecule has 0 radical (unpaired) electrons. The van der Waals surface area contributed by atoms with E-state index in [9.17, 15) is 19.8 Å². The van der Waals surface area contributed by atoms with Crippen molar-refractivity contribution in [3.63, 3.8) is 0 Å². The van der Waals surface area contributed by atoms with E-state index in [4.69, 9.17) is 9.47 Å². The van der Waals surface area contributed by atoms with Gasteiger partial charge in [-0.1, -0.05) is 12.7 Å². The van der Waals surface area contributed by atoms with Crippen molar-refractivity contribution >= 4 is 18.0 Å². The van der Waals surface area contributed by atoms with Crippen LogP contribution < -0.4 is 11.0 Å². The van der Waals surface area contributed by atoms with Crippen LogP contribution in [0.2, 0.25) is 0 Å². The Kier molecular flexibility index (Phi) is 4.89. The lowest BCUT2D eigenvalue weighted by Gasteiger charge is -2.18. The SMILES string of the molecule is C=Cc1cn([C@@H]2O[C@H](C)C(O)C2O)c(=O)nc1NC(=O)OCC1CC1. The van der Waals surface area contributed by atoms with Gasteiger partial charge >= 0.3 is 11.8 Å². The average molecular weight is 351 g/mol. The fourth-order valence-corrected chi connectivity index (χ4v) is 2.58. The van der Waals surface area contributed by atoms with Crippen molar-refractivity contribution in [3.05, 3.63) is 28.8 Å². The second-order valence-corrected chi connectivity index (χ2v) is 6.32. The van der Waals surface area contributed by atoms with Crippen molar-refractivity contribution in [1.82, 2.24) is 9.55 Å². The zero-order chi connectivity index (χ0) is 18.1. The van der Waals surface area contributed by atoms with Crippen LogP contribution in [0, 0.1) is 5.92 Å². The van der Waals surface area contributed by atoms with Crippen LogP contribution in [0.4, 0.5) is 10.6 Å². The van der Waals surface area contributed by atoms with Crippen LogP contribution in [0.15, 0.2) is 17.6 Å². The van der Waals surface area contributed by atoms with Gasteiger partial charge in [0.15, 0.2) is 6.23 Å². The number of hydrogen-bond donors (Lipinski definition) is 3. The summed E-state index contributed by atoms with van der Waals surface area (Å²) in [6.45, 7) is 5.56. The molecule has 2 heterocycles. The Morgan fingerprint density at radius 1 is 1.52 bits per heavy atom. The molecule has 1 aliphatic carbocycles. The number of rotatable bonds is 5. The molecule has 2 unspecified atom stereocenters. The van der Waals surface area contributed by atoms with Gasteiger partial charge in [-0.05, 0) is 25.7 Å². The summed E-state index contributed by atoms with van der Waals surface area (Å²) in [6, 6.07) is 0. The summed E-state index contributed by atoms with van der Waals surface area (Å²) in [4.78, 5) is 27.9. The van der Waals surface area contributed by atoms with Gasteiger partial charge in [0.05, 0.1) is 12.7 Å². The van der Waals surface area contributed by atoms with Crippen molar-refractivity contribution in [1.29, 1.82) is 0 Å². The molecule has 136 valence electrons. The zero-order valence-electron chi connectivity index (χ0n) is 13.8. The predicted molar refractivity (Wildman–Crippen MR) is 87.9 cm³/mol. The van der Waals surface area contributed by atoms with E-state index in [1.807, 2.05) is 0 Å². The number of aliphatic hydroxyl groups excluding tert-OH is 2. The van der Waals surface area contributed by atoms with E-state index in [-0.39, 0.29) is 5.82 Å². The maximum Gasteiger partial charge on any atom is 0.412 e. The summed E-state index contributed by atoms with van der Waals surface area (Å²) >= 11 is 0. The number of ether oxygens (including phenoxy) is 2. The van der Waals surface area contributed by atoms with E-state index < -0.39 is 36.3 Å². The first kappa shape index (κ1) is 17.6. The number of nitrogens with zero attached hydrogens (tertiary/aromatic N) is 2. The summed E-state index contributed by atoms with van der Waals surface area (Å²) in [7, 11) is 0. The number of aliphatic hydroxyl groups is 2. The number of amides is 1. The van der Waals surface area contributed by atoms with E-state index in [2.05, 4.69) is 16.9 Å². The lowest BCUT2D eigenvalue weighted by atomic mass is 10.1. The first-order valence-corrected chi connectivity index (χ1v) is 8.11. The number of carbonyl (C=O) groups is 1. The highest BCUT2D eigenvalue weighted by molar-refractivity contribution is 5.85. The largest absolute Gasteiger partial charge is 0.449 e. The normalized spacial score (nSPS) is 28.6. The van der Waals surface area contributed by atoms with Gasteiger partial charge in [0.2, 0.25) is 0 Å². The third kappa shape index (κ3) is 3.73. The molecule has 0 spiro atoms. The van der Waals surface area contributed by atoms with Gasteiger partial charge < -0.3 is 19.7 Å². The van der Waals surface area contributed by atoms with E-state index >= 15 is 0 Å². The topological polar surface area (TPSA) is 123 Å². The Labute approximate surface area is 143 Å². The monoisotopic (exact) mass is 351 g/mol. The number of anilines is 1. The molecule has 9 nitrogen and oxygen atoms in total. The maximum absolute atomic E-state index is 12.3. The van der Waals surface area contributed by atoms with Crippen LogP contribution in [0.1, 0.15) is 31.6 Å². The van der Waals surface area contributed by atoms with E-state index in [1.165, 1.54) is 12.3 Å². The zero-order valence-corrected chi connectivity index (χ0v) is 13.8. The molecule has 1 amide bonds. The Balaban J connectivity index is 1.79. The molecule has 1 aromatic heterocycles. The van der Waals surface area contributed by atoms with Crippen molar-refractivity contribution in [2.24, 2.45) is 5.92 Å². The Bertz CT molecular complexity index is 729. The molecule has 1 saturated carbocycles. The molecule has 2 aliphatic rings. The van der Waals surface area contributed by atoms with Crippen LogP contribution in [0.3, 0.4) is 0 Å². The number of aromatic nitrogens is 2. The Morgan fingerprint density at radius 3 is 2.80 bits per heavy atom. The fraction of sp³-hybridized carbons (Fsp3) is 0.562. The fourth-order valence-electron chi connectivity index (χ4n) is 2.58. The number of carbonyl (C=O) groups excluding carboxylic acids is 1. The van der Waals surface area contributed by atoms with Crippen LogP contribution in [0.25, 0.3) is 6.08 Å². The third-order valence-electron chi connectivity index (χ3n) is 4.32. The highest BCUT2D eigenvalue weighted by atomic mass is 16.6. The lowest BCUT2D eigenvalue weighted by molar-refractivity contribution is -0.0350. The molecule has 2 fully saturated rings. The molecule has 3 N–H and O–H groups in total. The molecular weight excluding hydrogens is 330 g/mol. The third-order valence-corrected chi connectivity index (χ3v) is 4.32. The first-order valence-electron chi connectivity index (χ1n) is 8.11. The maximum atomic E-state index is 12.3. The summed E-state index contributed by atoms with van der Waals surface area (Å²) in [5.41, 5.74) is -0.388. The summed E-state index contributed by atoms with van der Waals surface area (Å²) < 4.78 is 11.5. The quantitative estimate of drug-likeness (QED) is 0.705. The van der Waals surface area contributed by atoms with Gasteiger partial charge in [-0.15, -0.1) is 0 Å². The summed E-state index contributed by atoms with van der Waals surface area (Å²) in [5, 5.41) is 22.2. The molecule has 0 bridgehead atoms. The highest BCUT2D eigenvalue weighted by Gasteiger charge is 2.42. The first-order chi connectivity index (χ1) is 11.9. The van der Waals surface area contributed by atoms with Gasteiger partial charge in [-0.2, -0.15) is 4.98 Å². The van der Waals surface area contributed by atoms with Crippen molar-refractivity contribution in [3.8, 4) is 0 Å². The predicted octanol–water partition coefficient (Wildman–Crippen LogP) is 0.484. The van der Waals surface area contributed by atoms with Gasteiger partial charge in [0.25, 0.3) is 0 Å². The number of hydrogen-bond acceptors (Lipinski definition) is 7. The standard InChI is InChI=1S/C16H21N3O6/c1-3-10-6-19(14-12(21)11(20)8(2)25-14)15(22)17-13(10)18-16(23)24-7-9-4-5-9/h3,6,8-9,11-12,14,20-21H,1,4-5,7H2,2H3,(H,17,18,22,23)/t8-,11?,12?,14-/m1/s1. The molecule has 1 aromatic rings. The van der Waals surface area contributed by atoms with Crippen molar-refractivity contribution in [2.45, 2.75) is 44.3 Å². The molecular formula is C16H21N3O6. The minimum atomic E-state index is -1.27. The molecule has 0 aromatic carbocycles. The number of nitrogens with one attached hydrogen (secondary N) is 1. The van der Waals surface area contributed by atoms with E-state index in [0.717, 1.165) is 17.4 Å². The van der Waals surface area contributed by atoms with Crippen LogP contribution in [-0.2, 0) is 9.47 Å². The molecule has 3 rings (SSSR count). The van der Waals surface area contributed by atoms with Crippen LogP contribution in [0.5, 0.6) is 0 Å². The van der Waals surface area contributed by atoms with Gasteiger partial charge in [-0.3, -0.25) is 9.88 Å².